The SMILES string of the molecule is Cc1cnc(CNC(=O)CN2C(=O)c3ccccc3C2=O)o1. The van der Waals surface area contributed by atoms with Gasteiger partial charge in [0.2, 0.25) is 11.8 Å². The van der Waals surface area contributed by atoms with Gasteiger partial charge in [0.25, 0.3) is 11.8 Å². The fourth-order valence-corrected chi connectivity index (χ4v) is 2.24. The Morgan fingerprint density at radius 3 is 2.41 bits per heavy atom. The van der Waals surface area contributed by atoms with E-state index in [2.05, 4.69) is 10.3 Å². The van der Waals surface area contributed by atoms with Gasteiger partial charge in [-0.25, -0.2) is 4.98 Å². The van der Waals surface area contributed by atoms with E-state index in [1.807, 2.05) is 0 Å². The topological polar surface area (TPSA) is 92.5 Å². The molecule has 22 heavy (non-hydrogen) atoms. The van der Waals surface area contributed by atoms with Gasteiger partial charge < -0.3 is 9.73 Å². The molecule has 1 aliphatic rings. The smallest absolute Gasteiger partial charge is 0.262 e. The maximum atomic E-state index is 12.1. The molecule has 1 aromatic carbocycles. The van der Waals surface area contributed by atoms with Crippen LogP contribution in [0.1, 0.15) is 32.4 Å². The zero-order valence-corrected chi connectivity index (χ0v) is 11.8. The predicted octanol–water partition coefficient (Wildman–Crippen LogP) is 0.895. The predicted molar refractivity (Wildman–Crippen MR) is 74.9 cm³/mol. The van der Waals surface area contributed by atoms with Crippen LogP contribution in [0.5, 0.6) is 0 Å². The molecule has 2 aromatic rings. The highest BCUT2D eigenvalue weighted by Crippen LogP contribution is 2.21. The van der Waals surface area contributed by atoms with Gasteiger partial charge in [0.15, 0.2) is 0 Å². The molecule has 0 saturated heterocycles. The minimum atomic E-state index is -0.456. The van der Waals surface area contributed by atoms with Crippen LogP contribution < -0.4 is 5.32 Å². The van der Waals surface area contributed by atoms with Crippen molar-refractivity contribution in [1.82, 2.24) is 15.2 Å². The molecule has 0 bridgehead atoms. The second-order valence-electron chi connectivity index (χ2n) is 4.88. The van der Waals surface area contributed by atoms with Gasteiger partial charge in [-0.05, 0) is 19.1 Å². The molecule has 7 nitrogen and oxygen atoms in total. The van der Waals surface area contributed by atoms with Crippen molar-refractivity contribution in [3.05, 3.63) is 53.2 Å². The molecule has 112 valence electrons. The molecule has 1 aliphatic heterocycles. The number of benzene rings is 1. The Kier molecular flexibility index (Phi) is 3.46. The molecule has 1 N–H and O–H groups in total. The third kappa shape index (κ3) is 2.48. The van der Waals surface area contributed by atoms with Gasteiger partial charge in [-0.1, -0.05) is 12.1 Å². The normalized spacial score (nSPS) is 13.4. The maximum absolute atomic E-state index is 12.1. The number of carbonyl (C=O) groups is 3. The number of hydrogen-bond acceptors (Lipinski definition) is 5. The molecular formula is C15H13N3O4. The minimum absolute atomic E-state index is 0.107. The van der Waals surface area contributed by atoms with Crippen molar-refractivity contribution in [2.45, 2.75) is 13.5 Å². The molecule has 3 rings (SSSR count). The van der Waals surface area contributed by atoms with Crippen molar-refractivity contribution >= 4 is 17.7 Å². The van der Waals surface area contributed by atoms with Crippen LogP contribution >= 0.6 is 0 Å². The molecule has 0 fully saturated rings. The van der Waals surface area contributed by atoms with Crippen LogP contribution in [-0.4, -0.2) is 34.2 Å². The number of nitrogens with one attached hydrogen (secondary N) is 1. The van der Waals surface area contributed by atoms with Gasteiger partial charge in [0, 0.05) is 0 Å². The summed E-state index contributed by atoms with van der Waals surface area (Å²) < 4.78 is 5.22. The van der Waals surface area contributed by atoms with E-state index in [9.17, 15) is 14.4 Å². The van der Waals surface area contributed by atoms with E-state index >= 15 is 0 Å². The third-order valence-electron chi connectivity index (χ3n) is 3.29. The van der Waals surface area contributed by atoms with E-state index in [1.54, 1.807) is 37.4 Å². The summed E-state index contributed by atoms with van der Waals surface area (Å²) in [4.78, 5) is 41.0. The van der Waals surface area contributed by atoms with Crippen molar-refractivity contribution in [3.8, 4) is 0 Å². The highest BCUT2D eigenvalue weighted by molar-refractivity contribution is 6.22. The van der Waals surface area contributed by atoms with Crippen LogP contribution in [0.4, 0.5) is 0 Å². The second kappa shape index (κ2) is 5.44. The highest BCUT2D eigenvalue weighted by Gasteiger charge is 2.36. The second-order valence-corrected chi connectivity index (χ2v) is 4.88. The summed E-state index contributed by atoms with van der Waals surface area (Å²) >= 11 is 0. The van der Waals surface area contributed by atoms with Gasteiger partial charge in [0.05, 0.1) is 23.9 Å². The van der Waals surface area contributed by atoms with Gasteiger partial charge in [-0.3, -0.25) is 19.3 Å². The van der Waals surface area contributed by atoms with Gasteiger partial charge in [-0.15, -0.1) is 0 Å². The quantitative estimate of drug-likeness (QED) is 0.847. The largest absolute Gasteiger partial charge is 0.444 e. The summed E-state index contributed by atoms with van der Waals surface area (Å²) in [5.41, 5.74) is 0.646. The first kappa shape index (κ1) is 14.0. The summed E-state index contributed by atoms with van der Waals surface area (Å²) in [6.07, 6.45) is 1.55. The fraction of sp³-hybridized carbons (Fsp3) is 0.200. The number of imide groups is 1. The summed E-state index contributed by atoms with van der Waals surface area (Å²) in [5, 5.41) is 2.57. The Morgan fingerprint density at radius 2 is 1.86 bits per heavy atom. The molecule has 0 atom stereocenters. The number of hydrogen-bond donors (Lipinski definition) is 1. The lowest BCUT2D eigenvalue weighted by Crippen LogP contribution is -2.40. The summed E-state index contributed by atoms with van der Waals surface area (Å²) in [7, 11) is 0. The van der Waals surface area contributed by atoms with Crippen molar-refractivity contribution in [2.24, 2.45) is 0 Å². The Bertz CT molecular complexity index is 731. The molecule has 0 saturated carbocycles. The van der Waals surface area contributed by atoms with Crippen molar-refractivity contribution in [1.29, 1.82) is 0 Å². The number of rotatable bonds is 4. The van der Waals surface area contributed by atoms with E-state index in [-0.39, 0.29) is 13.1 Å². The van der Waals surface area contributed by atoms with Crippen molar-refractivity contribution in [2.75, 3.05) is 6.54 Å². The summed E-state index contributed by atoms with van der Waals surface area (Å²) in [5.74, 6) is -0.353. The van der Waals surface area contributed by atoms with Crippen LogP contribution in [0.2, 0.25) is 0 Å². The first-order valence-electron chi connectivity index (χ1n) is 6.69. The third-order valence-corrected chi connectivity index (χ3v) is 3.29. The van der Waals surface area contributed by atoms with Crippen LogP contribution in [0, 0.1) is 6.92 Å². The summed E-state index contributed by atoms with van der Waals surface area (Å²) in [6, 6.07) is 6.50. The molecule has 7 heteroatoms. The molecule has 0 unspecified atom stereocenters. The number of carbonyl (C=O) groups excluding carboxylic acids is 3. The number of oxazole rings is 1. The molecule has 1 aromatic heterocycles. The number of aromatic nitrogens is 1. The van der Waals surface area contributed by atoms with Crippen LogP contribution in [0.25, 0.3) is 0 Å². The fourth-order valence-electron chi connectivity index (χ4n) is 2.24. The Balaban J connectivity index is 1.63. The van der Waals surface area contributed by atoms with E-state index in [4.69, 9.17) is 4.42 Å². The van der Waals surface area contributed by atoms with Crippen molar-refractivity contribution in [3.63, 3.8) is 0 Å². The zero-order chi connectivity index (χ0) is 15.7. The Morgan fingerprint density at radius 1 is 1.23 bits per heavy atom. The van der Waals surface area contributed by atoms with E-state index in [1.165, 1.54) is 0 Å². The van der Waals surface area contributed by atoms with E-state index in [0.717, 1.165) is 4.90 Å². The van der Waals surface area contributed by atoms with Crippen LogP contribution in [0.15, 0.2) is 34.9 Å². The van der Waals surface area contributed by atoms with Gasteiger partial charge in [-0.2, -0.15) is 0 Å². The average molecular weight is 299 g/mol. The lowest BCUT2D eigenvalue weighted by atomic mass is 10.1. The average Bonchev–Trinajstić information content (AvgIpc) is 3.03. The van der Waals surface area contributed by atoms with Crippen molar-refractivity contribution < 1.29 is 18.8 Å². The molecule has 0 aliphatic carbocycles. The van der Waals surface area contributed by atoms with E-state index in [0.29, 0.717) is 22.8 Å². The number of nitrogens with zero attached hydrogens (tertiary/aromatic N) is 2. The molecule has 2 heterocycles. The van der Waals surface area contributed by atoms with Crippen LogP contribution in [-0.2, 0) is 11.3 Å². The van der Waals surface area contributed by atoms with Gasteiger partial charge in [0.1, 0.15) is 12.3 Å². The maximum Gasteiger partial charge on any atom is 0.262 e. The van der Waals surface area contributed by atoms with Crippen LogP contribution in [0.3, 0.4) is 0 Å². The highest BCUT2D eigenvalue weighted by atomic mass is 16.4. The molecular weight excluding hydrogens is 286 g/mol. The van der Waals surface area contributed by atoms with Gasteiger partial charge >= 0.3 is 0 Å². The standard InChI is InChI=1S/C15H13N3O4/c1-9-6-17-13(22-9)7-16-12(19)8-18-14(20)10-4-2-3-5-11(10)15(18)21/h2-6H,7-8H2,1H3,(H,16,19). The monoisotopic (exact) mass is 299 g/mol. The van der Waals surface area contributed by atoms with E-state index < -0.39 is 17.7 Å². The first-order chi connectivity index (χ1) is 10.6. The molecule has 0 spiro atoms. The molecule has 3 amide bonds. The zero-order valence-electron chi connectivity index (χ0n) is 11.8. The Labute approximate surface area is 125 Å². The lowest BCUT2D eigenvalue weighted by molar-refractivity contribution is -0.121. The molecule has 0 radical (unpaired) electrons. The number of fused-ring (bicyclic) bond motifs is 1. The Hall–Kier alpha value is -2.96. The number of aryl methyl sites for hydroxylation is 1. The minimum Gasteiger partial charge on any atom is -0.444 e. The summed E-state index contributed by atoms with van der Waals surface area (Å²) in [6.45, 7) is 1.53. The first-order valence-corrected chi connectivity index (χ1v) is 6.69. The lowest BCUT2D eigenvalue weighted by Gasteiger charge is -2.12. The number of amides is 3.